The van der Waals surface area contributed by atoms with E-state index in [0.29, 0.717) is 59.7 Å². The van der Waals surface area contributed by atoms with E-state index >= 15 is 0 Å². The second kappa shape index (κ2) is 24.1. The molecule has 0 amide bonds. The average molecular weight is 744 g/mol. The summed E-state index contributed by atoms with van der Waals surface area (Å²) in [4.78, 5) is 11.3. The molecule has 3 aromatic carbocycles. The predicted molar refractivity (Wildman–Crippen MR) is 221 cm³/mol. The molecule has 296 valence electrons. The molecule has 0 aliphatic carbocycles. The number of anilines is 1. The first-order valence-electron chi connectivity index (χ1n) is 20.7. The molecule has 1 aliphatic rings. The third kappa shape index (κ3) is 13.8. The average Bonchev–Trinajstić information content (AvgIpc) is 3.17. The molecule has 0 saturated carbocycles. The maximum atomic E-state index is 11.3. The third-order valence-electron chi connectivity index (χ3n) is 9.79. The SMILES string of the molecule is CCCCCCCCOc1ccc(C2=NC(c3ccc(OCCCCCCCC)cc3O)N=CN2c2ccc(OCCCCCCCC)cc2O)c(O)c1. The predicted octanol–water partition coefficient (Wildman–Crippen LogP) is 12.0. The Labute approximate surface area is 324 Å². The van der Waals surface area contributed by atoms with Crippen LogP contribution < -0.4 is 19.1 Å². The molecule has 0 aromatic heterocycles. The summed E-state index contributed by atoms with van der Waals surface area (Å²) in [5, 5.41) is 33.7. The van der Waals surface area contributed by atoms with Crippen molar-refractivity contribution in [1.29, 1.82) is 0 Å². The number of unbranched alkanes of at least 4 members (excludes halogenated alkanes) is 15. The summed E-state index contributed by atoms with van der Waals surface area (Å²) in [7, 11) is 0. The van der Waals surface area contributed by atoms with Crippen LogP contribution in [0.1, 0.15) is 154 Å². The lowest BCUT2D eigenvalue weighted by atomic mass is 10.1. The van der Waals surface area contributed by atoms with E-state index < -0.39 is 6.17 Å². The van der Waals surface area contributed by atoms with Crippen LogP contribution in [0.3, 0.4) is 0 Å². The zero-order chi connectivity index (χ0) is 38.4. The number of nitrogens with zero attached hydrogens (tertiary/aromatic N) is 3. The largest absolute Gasteiger partial charge is 0.507 e. The number of aromatic hydroxyl groups is 3. The van der Waals surface area contributed by atoms with Crippen LogP contribution >= 0.6 is 0 Å². The van der Waals surface area contributed by atoms with Crippen LogP contribution in [0, 0.1) is 0 Å². The lowest BCUT2D eigenvalue weighted by Crippen LogP contribution is -2.34. The molecular weight excluding hydrogens is 679 g/mol. The second-order valence-electron chi connectivity index (χ2n) is 14.4. The minimum Gasteiger partial charge on any atom is -0.507 e. The number of phenols is 3. The number of phenolic OH excluding ortho intramolecular Hbond substituents is 3. The van der Waals surface area contributed by atoms with Crippen molar-refractivity contribution in [2.75, 3.05) is 24.7 Å². The van der Waals surface area contributed by atoms with E-state index in [-0.39, 0.29) is 17.2 Å². The number of benzene rings is 3. The van der Waals surface area contributed by atoms with Crippen molar-refractivity contribution in [3.05, 3.63) is 65.7 Å². The minimum atomic E-state index is -0.797. The van der Waals surface area contributed by atoms with Crippen LogP contribution in [0.15, 0.2) is 64.6 Å². The fraction of sp³-hybridized carbons (Fsp3) is 0.556. The van der Waals surface area contributed by atoms with E-state index in [1.54, 1.807) is 47.6 Å². The van der Waals surface area contributed by atoms with Crippen molar-refractivity contribution in [2.45, 2.75) is 143 Å². The molecule has 9 nitrogen and oxygen atoms in total. The highest BCUT2D eigenvalue weighted by Gasteiger charge is 2.27. The van der Waals surface area contributed by atoms with Gasteiger partial charge in [-0.15, -0.1) is 0 Å². The molecule has 9 heteroatoms. The van der Waals surface area contributed by atoms with Gasteiger partial charge in [-0.3, -0.25) is 4.90 Å². The van der Waals surface area contributed by atoms with Crippen LogP contribution in [-0.4, -0.2) is 47.3 Å². The van der Waals surface area contributed by atoms with Crippen LogP contribution in [0.5, 0.6) is 34.5 Å². The van der Waals surface area contributed by atoms with Gasteiger partial charge in [-0.05, 0) is 55.7 Å². The molecule has 54 heavy (non-hydrogen) atoms. The van der Waals surface area contributed by atoms with Gasteiger partial charge in [-0.2, -0.15) is 0 Å². The van der Waals surface area contributed by atoms with Gasteiger partial charge in [0.05, 0.1) is 37.4 Å². The van der Waals surface area contributed by atoms with Gasteiger partial charge in [0, 0.05) is 23.8 Å². The summed E-state index contributed by atoms with van der Waals surface area (Å²) in [6.45, 7) is 8.39. The van der Waals surface area contributed by atoms with Crippen molar-refractivity contribution in [3.8, 4) is 34.5 Å². The summed E-state index contributed by atoms with van der Waals surface area (Å²) >= 11 is 0. The van der Waals surface area contributed by atoms with Crippen LogP contribution in [0.25, 0.3) is 0 Å². The Morgan fingerprint density at radius 3 is 1.44 bits per heavy atom. The van der Waals surface area contributed by atoms with Crippen molar-refractivity contribution < 1.29 is 29.5 Å². The standard InChI is InChI=1S/C45H65N3O6/c1-4-7-10-13-16-19-28-52-35-22-25-38(41(49)31-35)44-46-34-48(40-27-24-37(33-43(40)51)54-30-21-18-15-12-9-6-3)45(47-44)39-26-23-36(32-42(39)50)53-29-20-17-14-11-8-5-2/h22-27,31-34,44,49-51H,4-21,28-30H2,1-3H3. The summed E-state index contributed by atoms with van der Waals surface area (Å²) in [6.07, 6.45) is 21.8. The molecule has 0 fully saturated rings. The van der Waals surface area contributed by atoms with Crippen LogP contribution in [0.2, 0.25) is 0 Å². The first kappa shape index (κ1) is 42.3. The summed E-state index contributed by atoms with van der Waals surface area (Å²) in [5.74, 6) is 2.08. The molecule has 1 heterocycles. The van der Waals surface area contributed by atoms with Crippen molar-refractivity contribution >= 4 is 17.9 Å². The molecular formula is C45H65N3O6. The summed E-state index contributed by atoms with van der Waals surface area (Å²) in [5.41, 5.74) is 1.35. The number of rotatable bonds is 27. The van der Waals surface area contributed by atoms with Gasteiger partial charge in [0.1, 0.15) is 40.3 Å². The highest BCUT2D eigenvalue weighted by Crippen LogP contribution is 2.39. The van der Waals surface area contributed by atoms with Gasteiger partial charge >= 0.3 is 0 Å². The quantitative estimate of drug-likeness (QED) is 0.0666. The zero-order valence-corrected chi connectivity index (χ0v) is 33.1. The highest BCUT2D eigenvalue weighted by atomic mass is 16.5. The Kier molecular flexibility index (Phi) is 18.9. The minimum absolute atomic E-state index is 0.0128. The number of hydrogen-bond acceptors (Lipinski definition) is 9. The lowest BCUT2D eigenvalue weighted by Gasteiger charge is -2.28. The number of aliphatic imine (C=N–C) groups is 2. The monoisotopic (exact) mass is 743 g/mol. The summed E-state index contributed by atoms with van der Waals surface area (Å²) < 4.78 is 17.9. The van der Waals surface area contributed by atoms with Crippen molar-refractivity contribution in [2.24, 2.45) is 9.98 Å². The Balaban J connectivity index is 1.50. The second-order valence-corrected chi connectivity index (χ2v) is 14.4. The van der Waals surface area contributed by atoms with E-state index in [1.165, 1.54) is 77.0 Å². The van der Waals surface area contributed by atoms with Gasteiger partial charge in [0.15, 0.2) is 6.17 Å². The normalized spacial score (nSPS) is 13.9. The molecule has 0 radical (unpaired) electrons. The number of hydrogen-bond donors (Lipinski definition) is 3. The molecule has 3 N–H and O–H groups in total. The van der Waals surface area contributed by atoms with Gasteiger partial charge in [-0.25, -0.2) is 9.98 Å². The van der Waals surface area contributed by atoms with Crippen molar-refractivity contribution in [1.82, 2.24) is 0 Å². The van der Waals surface area contributed by atoms with E-state index in [1.807, 2.05) is 18.2 Å². The fourth-order valence-electron chi connectivity index (χ4n) is 6.56. The Bertz CT molecular complexity index is 1590. The number of amidine groups is 1. The first-order valence-corrected chi connectivity index (χ1v) is 20.7. The van der Waals surface area contributed by atoms with Gasteiger partial charge in [-0.1, -0.05) is 117 Å². The van der Waals surface area contributed by atoms with E-state index in [2.05, 4.69) is 25.8 Å². The van der Waals surface area contributed by atoms with E-state index in [0.717, 1.165) is 38.5 Å². The Hall–Kier alpha value is -4.40. The zero-order valence-electron chi connectivity index (χ0n) is 33.1. The Morgan fingerprint density at radius 1 is 0.519 bits per heavy atom. The smallest absolute Gasteiger partial charge is 0.172 e. The molecule has 0 spiro atoms. The van der Waals surface area contributed by atoms with E-state index in [9.17, 15) is 15.3 Å². The topological polar surface area (TPSA) is 116 Å². The molecule has 1 atom stereocenters. The molecule has 4 rings (SSSR count). The molecule has 3 aromatic rings. The first-order chi connectivity index (χ1) is 26.4. The van der Waals surface area contributed by atoms with Gasteiger partial charge in [0.25, 0.3) is 0 Å². The molecule has 1 unspecified atom stereocenters. The Morgan fingerprint density at radius 2 is 0.963 bits per heavy atom. The van der Waals surface area contributed by atoms with Crippen molar-refractivity contribution in [3.63, 3.8) is 0 Å². The lowest BCUT2D eigenvalue weighted by molar-refractivity contribution is 0.302. The van der Waals surface area contributed by atoms with Crippen LogP contribution in [-0.2, 0) is 0 Å². The van der Waals surface area contributed by atoms with Gasteiger partial charge in [0.2, 0.25) is 0 Å². The van der Waals surface area contributed by atoms with Crippen LogP contribution in [0.4, 0.5) is 5.69 Å². The van der Waals surface area contributed by atoms with Gasteiger partial charge < -0.3 is 29.5 Å². The highest BCUT2D eigenvalue weighted by molar-refractivity contribution is 6.21. The maximum Gasteiger partial charge on any atom is 0.172 e. The third-order valence-corrected chi connectivity index (χ3v) is 9.79. The molecule has 0 bridgehead atoms. The van der Waals surface area contributed by atoms with E-state index in [4.69, 9.17) is 19.2 Å². The maximum absolute atomic E-state index is 11.3. The summed E-state index contributed by atoms with van der Waals surface area (Å²) in [6, 6.07) is 15.6. The molecule has 1 aliphatic heterocycles. The molecule has 0 saturated heterocycles. The fourth-order valence-corrected chi connectivity index (χ4v) is 6.56. The number of ether oxygens (including phenoxy) is 3.